The van der Waals surface area contributed by atoms with Gasteiger partial charge in [-0.2, -0.15) is 0 Å². The van der Waals surface area contributed by atoms with Crippen molar-refractivity contribution in [2.75, 3.05) is 20.3 Å². The fourth-order valence-electron chi connectivity index (χ4n) is 3.85. The Kier molecular flexibility index (Phi) is 4.85. The first-order valence-electron chi connectivity index (χ1n) is 7.55. The summed E-state index contributed by atoms with van der Waals surface area (Å²) in [6.45, 7) is 5.51. The minimum atomic E-state index is -0.716. The van der Waals surface area contributed by atoms with Gasteiger partial charge < -0.3 is 9.84 Å². The third kappa shape index (κ3) is 3.11. The van der Waals surface area contributed by atoms with Gasteiger partial charge in [0.2, 0.25) is 0 Å². The Morgan fingerprint density at radius 2 is 1.89 bits per heavy atom. The molecule has 0 aromatic carbocycles. The third-order valence-corrected chi connectivity index (χ3v) is 5.05. The van der Waals surface area contributed by atoms with E-state index in [0.717, 1.165) is 0 Å². The van der Waals surface area contributed by atoms with E-state index in [9.17, 15) is 9.90 Å². The van der Waals surface area contributed by atoms with Crippen LogP contribution in [0.5, 0.6) is 0 Å². The van der Waals surface area contributed by atoms with Gasteiger partial charge in [0.05, 0.1) is 19.1 Å². The number of likely N-dealkylation sites (N-methyl/N-ethyl adjacent to an activating group) is 1. The predicted octanol–water partition coefficient (Wildman–Crippen LogP) is 2.23. The Balaban J connectivity index is 2.08. The summed E-state index contributed by atoms with van der Waals surface area (Å²) in [5.41, 5.74) is 0. The summed E-state index contributed by atoms with van der Waals surface area (Å²) in [6.07, 6.45) is 5.06. The molecule has 2 fully saturated rings. The van der Waals surface area contributed by atoms with Gasteiger partial charge in [-0.15, -0.1) is 0 Å². The monoisotopic (exact) mass is 269 g/mol. The van der Waals surface area contributed by atoms with Crippen LogP contribution in [0.2, 0.25) is 0 Å². The lowest BCUT2D eigenvalue weighted by Gasteiger charge is -2.43. The molecule has 1 heterocycles. The van der Waals surface area contributed by atoms with Gasteiger partial charge in [0.25, 0.3) is 0 Å². The molecular weight excluding hydrogens is 242 g/mol. The summed E-state index contributed by atoms with van der Waals surface area (Å²) in [7, 11) is 2.10. The van der Waals surface area contributed by atoms with E-state index in [1.165, 1.54) is 25.7 Å². The number of hydrogen-bond donors (Lipinski definition) is 1. The third-order valence-electron chi connectivity index (χ3n) is 5.05. The molecule has 1 N–H and O–H groups in total. The SMILES string of the molecule is CC(C)C1CCCCC1N(C)C1COCC1C(=O)O. The molecule has 19 heavy (non-hydrogen) atoms. The van der Waals surface area contributed by atoms with Gasteiger partial charge in [0, 0.05) is 12.1 Å². The summed E-state index contributed by atoms with van der Waals surface area (Å²) in [4.78, 5) is 13.6. The van der Waals surface area contributed by atoms with E-state index in [1.807, 2.05) is 0 Å². The summed E-state index contributed by atoms with van der Waals surface area (Å²) in [6, 6.07) is 0.559. The largest absolute Gasteiger partial charge is 0.481 e. The van der Waals surface area contributed by atoms with Crippen molar-refractivity contribution in [1.29, 1.82) is 0 Å². The molecule has 0 radical (unpaired) electrons. The normalized spacial score (nSPS) is 36.1. The number of carboxylic acid groups (broad SMARTS) is 1. The van der Waals surface area contributed by atoms with Gasteiger partial charge in [-0.25, -0.2) is 0 Å². The lowest BCUT2D eigenvalue weighted by atomic mass is 9.76. The Hall–Kier alpha value is -0.610. The highest BCUT2D eigenvalue weighted by atomic mass is 16.5. The van der Waals surface area contributed by atoms with E-state index in [0.29, 0.717) is 31.1 Å². The van der Waals surface area contributed by atoms with Crippen LogP contribution in [0.3, 0.4) is 0 Å². The predicted molar refractivity (Wildman–Crippen MR) is 74.1 cm³/mol. The van der Waals surface area contributed by atoms with Crippen molar-refractivity contribution < 1.29 is 14.6 Å². The minimum absolute atomic E-state index is 0.0434. The van der Waals surface area contributed by atoms with Crippen molar-refractivity contribution >= 4 is 5.97 Å². The van der Waals surface area contributed by atoms with E-state index >= 15 is 0 Å². The smallest absolute Gasteiger partial charge is 0.310 e. The van der Waals surface area contributed by atoms with E-state index in [4.69, 9.17) is 4.74 Å². The number of aliphatic carboxylic acids is 1. The lowest BCUT2D eigenvalue weighted by molar-refractivity contribution is -0.143. The molecular formula is C15H27NO3. The molecule has 4 nitrogen and oxygen atoms in total. The molecule has 0 bridgehead atoms. The maximum Gasteiger partial charge on any atom is 0.310 e. The number of nitrogens with zero attached hydrogens (tertiary/aromatic N) is 1. The molecule has 2 rings (SSSR count). The van der Waals surface area contributed by atoms with E-state index in [2.05, 4.69) is 25.8 Å². The van der Waals surface area contributed by atoms with Gasteiger partial charge in [-0.05, 0) is 31.7 Å². The fourth-order valence-corrected chi connectivity index (χ4v) is 3.85. The highest BCUT2D eigenvalue weighted by Crippen LogP contribution is 2.35. The Labute approximate surface area is 116 Å². The lowest BCUT2D eigenvalue weighted by Crippen LogP contribution is -2.51. The van der Waals surface area contributed by atoms with E-state index in [1.54, 1.807) is 0 Å². The molecule has 1 aliphatic heterocycles. The molecule has 0 aromatic heterocycles. The summed E-state index contributed by atoms with van der Waals surface area (Å²) < 4.78 is 5.42. The van der Waals surface area contributed by atoms with E-state index in [-0.39, 0.29) is 12.0 Å². The van der Waals surface area contributed by atoms with Crippen LogP contribution in [0.4, 0.5) is 0 Å². The zero-order chi connectivity index (χ0) is 14.0. The van der Waals surface area contributed by atoms with Crippen molar-refractivity contribution in [3.05, 3.63) is 0 Å². The van der Waals surface area contributed by atoms with E-state index < -0.39 is 5.97 Å². The number of rotatable bonds is 4. The second-order valence-electron chi connectivity index (χ2n) is 6.47. The van der Waals surface area contributed by atoms with Crippen LogP contribution in [0, 0.1) is 17.8 Å². The standard InChI is InChI=1S/C15H27NO3/c1-10(2)11-6-4-5-7-13(11)16(3)14-9-19-8-12(14)15(17)18/h10-14H,4-9H2,1-3H3,(H,17,18). The van der Waals surface area contributed by atoms with Gasteiger partial charge in [0.15, 0.2) is 0 Å². The van der Waals surface area contributed by atoms with Crippen molar-refractivity contribution in [3.8, 4) is 0 Å². The zero-order valence-electron chi connectivity index (χ0n) is 12.3. The van der Waals surface area contributed by atoms with Crippen LogP contribution in [0.1, 0.15) is 39.5 Å². The molecule has 4 atom stereocenters. The Bertz CT molecular complexity index is 319. The van der Waals surface area contributed by atoms with Crippen LogP contribution >= 0.6 is 0 Å². The molecule has 1 saturated carbocycles. The van der Waals surface area contributed by atoms with Crippen LogP contribution < -0.4 is 0 Å². The maximum atomic E-state index is 11.3. The molecule has 2 aliphatic rings. The summed E-state index contributed by atoms with van der Waals surface area (Å²) >= 11 is 0. The van der Waals surface area contributed by atoms with Crippen LogP contribution in [0.15, 0.2) is 0 Å². The number of carbonyl (C=O) groups is 1. The van der Waals surface area contributed by atoms with Gasteiger partial charge in [0.1, 0.15) is 0 Å². The minimum Gasteiger partial charge on any atom is -0.481 e. The molecule has 0 amide bonds. The van der Waals surface area contributed by atoms with Gasteiger partial charge in [-0.1, -0.05) is 26.7 Å². The van der Waals surface area contributed by atoms with Crippen molar-refractivity contribution in [3.63, 3.8) is 0 Å². The maximum absolute atomic E-state index is 11.3. The molecule has 4 unspecified atom stereocenters. The average Bonchev–Trinajstić information content (AvgIpc) is 2.87. The zero-order valence-corrected chi connectivity index (χ0v) is 12.3. The molecule has 0 aromatic rings. The first-order valence-corrected chi connectivity index (χ1v) is 7.55. The summed E-state index contributed by atoms with van der Waals surface area (Å²) in [5.74, 6) is 0.276. The first kappa shape index (κ1) is 14.8. The quantitative estimate of drug-likeness (QED) is 0.850. The highest BCUT2D eigenvalue weighted by Gasteiger charge is 2.41. The van der Waals surface area contributed by atoms with Crippen molar-refractivity contribution in [1.82, 2.24) is 4.90 Å². The second kappa shape index (κ2) is 6.23. The van der Waals surface area contributed by atoms with Crippen molar-refractivity contribution in [2.45, 2.75) is 51.6 Å². The van der Waals surface area contributed by atoms with Crippen LogP contribution in [0.25, 0.3) is 0 Å². The highest BCUT2D eigenvalue weighted by molar-refractivity contribution is 5.71. The summed E-state index contributed by atoms with van der Waals surface area (Å²) in [5, 5.41) is 9.30. The molecule has 0 spiro atoms. The molecule has 110 valence electrons. The molecule has 4 heteroatoms. The van der Waals surface area contributed by atoms with Crippen molar-refractivity contribution in [2.24, 2.45) is 17.8 Å². The molecule has 1 saturated heterocycles. The second-order valence-corrected chi connectivity index (χ2v) is 6.47. The number of carboxylic acids is 1. The first-order chi connectivity index (χ1) is 9.02. The van der Waals surface area contributed by atoms with Gasteiger partial charge >= 0.3 is 5.97 Å². The Morgan fingerprint density at radius 1 is 1.21 bits per heavy atom. The van der Waals surface area contributed by atoms with Gasteiger partial charge in [-0.3, -0.25) is 9.69 Å². The number of ether oxygens (including phenoxy) is 1. The Morgan fingerprint density at radius 3 is 2.53 bits per heavy atom. The average molecular weight is 269 g/mol. The fraction of sp³-hybridized carbons (Fsp3) is 0.933. The molecule has 1 aliphatic carbocycles. The van der Waals surface area contributed by atoms with Crippen LogP contribution in [-0.4, -0.2) is 48.3 Å². The number of hydrogen-bond acceptors (Lipinski definition) is 3. The van der Waals surface area contributed by atoms with Crippen LogP contribution in [-0.2, 0) is 9.53 Å². The topological polar surface area (TPSA) is 49.8 Å².